The summed E-state index contributed by atoms with van der Waals surface area (Å²) in [6.45, 7) is 2.28. The van der Waals surface area contributed by atoms with Crippen molar-refractivity contribution < 1.29 is 4.79 Å². The van der Waals surface area contributed by atoms with Gasteiger partial charge >= 0.3 is 0 Å². The van der Waals surface area contributed by atoms with Gasteiger partial charge in [0.2, 0.25) is 5.91 Å². The molecule has 0 aromatic carbocycles. The van der Waals surface area contributed by atoms with Gasteiger partial charge in [-0.25, -0.2) is 0 Å². The molecule has 2 aliphatic heterocycles. The van der Waals surface area contributed by atoms with E-state index in [2.05, 4.69) is 17.6 Å². The molecule has 1 amide bonds. The lowest BCUT2D eigenvalue weighted by molar-refractivity contribution is -0.126. The van der Waals surface area contributed by atoms with Crippen molar-refractivity contribution in [3.05, 3.63) is 0 Å². The number of carbonyl (C=O) groups excluding carboxylic acids is 1. The summed E-state index contributed by atoms with van der Waals surface area (Å²) < 4.78 is 0. The molecule has 96 valence electrons. The maximum absolute atomic E-state index is 12.3. The van der Waals surface area contributed by atoms with Gasteiger partial charge in [0.25, 0.3) is 0 Å². The Hall–Kier alpha value is -0.570. The summed E-state index contributed by atoms with van der Waals surface area (Å²) >= 11 is 0. The zero-order chi connectivity index (χ0) is 11.8. The normalized spacial score (nSPS) is 44.9. The van der Waals surface area contributed by atoms with Gasteiger partial charge in [0.05, 0.1) is 5.92 Å². The highest BCUT2D eigenvalue weighted by Crippen LogP contribution is 2.34. The standard InChI is InChI=1S/C14H24N2O/c1-9-4-2-3-5-12(9)16-14(17)11-8-10-6-7-13(11)15-10/h9-13,15H,2-8H2,1H3,(H,16,17). The third-order valence-corrected chi connectivity index (χ3v) is 5.08. The minimum Gasteiger partial charge on any atom is -0.353 e. The lowest BCUT2D eigenvalue weighted by atomic mass is 9.84. The van der Waals surface area contributed by atoms with Crippen molar-refractivity contribution >= 4 is 5.91 Å². The van der Waals surface area contributed by atoms with Crippen LogP contribution in [0.15, 0.2) is 0 Å². The van der Waals surface area contributed by atoms with Gasteiger partial charge in [-0.3, -0.25) is 4.79 Å². The topological polar surface area (TPSA) is 41.1 Å². The highest BCUT2D eigenvalue weighted by Gasteiger charge is 2.43. The van der Waals surface area contributed by atoms with Gasteiger partial charge < -0.3 is 10.6 Å². The summed E-state index contributed by atoms with van der Waals surface area (Å²) in [5, 5.41) is 6.86. The molecule has 2 N–H and O–H groups in total. The molecular weight excluding hydrogens is 212 g/mol. The van der Waals surface area contributed by atoms with E-state index in [0.717, 1.165) is 6.42 Å². The summed E-state index contributed by atoms with van der Waals surface area (Å²) in [5.74, 6) is 1.24. The monoisotopic (exact) mass is 236 g/mol. The third-order valence-electron chi connectivity index (χ3n) is 5.08. The van der Waals surface area contributed by atoms with Crippen molar-refractivity contribution in [3.8, 4) is 0 Å². The smallest absolute Gasteiger partial charge is 0.224 e. The van der Waals surface area contributed by atoms with E-state index in [4.69, 9.17) is 0 Å². The van der Waals surface area contributed by atoms with Crippen LogP contribution in [0.1, 0.15) is 51.9 Å². The van der Waals surface area contributed by atoms with Crippen LogP contribution in [0.5, 0.6) is 0 Å². The Kier molecular flexibility index (Phi) is 3.12. The van der Waals surface area contributed by atoms with Gasteiger partial charge in [0, 0.05) is 18.1 Å². The van der Waals surface area contributed by atoms with Crippen LogP contribution in [-0.4, -0.2) is 24.0 Å². The number of amides is 1. The fraction of sp³-hybridized carbons (Fsp3) is 0.929. The molecule has 2 saturated heterocycles. The van der Waals surface area contributed by atoms with Crippen molar-refractivity contribution in [2.24, 2.45) is 11.8 Å². The molecule has 0 aromatic rings. The van der Waals surface area contributed by atoms with E-state index < -0.39 is 0 Å². The quantitative estimate of drug-likeness (QED) is 0.768. The molecule has 17 heavy (non-hydrogen) atoms. The van der Waals surface area contributed by atoms with Crippen LogP contribution in [0, 0.1) is 11.8 Å². The lowest BCUT2D eigenvalue weighted by Crippen LogP contribution is -2.46. The van der Waals surface area contributed by atoms with Crippen LogP contribution >= 0.6 is 0 Å². The fourth-order valence-electron chi connectivity index (χ4n) is 3.93. The largest absolute Gasteiger partial charge is 0.353 e. The number of hydrogen-bond donors (Lipinski definition) is 2. The molecule has 3 fully saturated rings. The summed E-state index contributed by atoms with van der Waals surface area (Å²) in [7, 11) is 0. The molecule has 3 aliphatic rings. The lowest BCUT2D eigenvalue weighted by Gasteiger charge is -2.31. The van der Waals surface area contributed by atoms with E-state index in [1.54, 1.807) is 0 Å². The van der Waals surface area contributed by atoms with Gasteiger partial charge in [-0.05, 0) is 38.0 Å². The highest BCUT2D eigenvalue weighted by molar-refractivity contribution is 5.80. The Morgan fingerprint density at radius 2 is 2.00 bits per heavy atom. The molecule has 2 heterocycles. The second-order valence-electron chi connectivity index (χ2n) is 6.27. The second-order valence-corrected chi connectivity index (χ2v) is 6.27. The molecule has 3 nitrogen and oxygen atoms in total. The Balaban J connectivity index is 1.56. The van der Waals surface area contributed by atoms with Crippen molar-refractivity contribution in [1.82, 2.24) is 10.6 Å². The van der Waals surface area contributed by atoms with Crippen LogP contribution in [0.2, 0.25) is 0 Å². The number of rotatable bonds is 2. The summed E-state index contributed by atoms with van der Waals surface area (Å²) in [6, 6.07) is 1.54. The van der Waals surface area contributed by atoms with Crippen LogP contribution in [0.3, 0.4) is 0 Å². The van der Waals surface area contributed by atoms with E-state index in [9.17, 15) is 4.79 Å². The molecule has 3 heteroatoms. The van der Waals surface area contributed by atoms with E-state index in [-0.39, 0.29) is 5.92 Å². The molecule has 1 aliphatic carbocycles. The van der Waals surface area contributed by atoms with Crippen molar-refractivity contribution in [3.63, 3.8) is 0 Å². The van der Waals surface area contributed by atoms with E-state index >= 15 is 0 Å². The molecule has 1 saturated carbocycles. The first-order valence-electron chi connectivity index (χ1n) is 7.30. The highest BCUT2D eigenvalue weighted by atomic mass is 16.2. The van der Waals surface area contributed by atoms with E-state index in [1.807, 2.05) is 0 Å². The Bertz CT molecular complexity index is 305. The Morgan fingerprint density at radius 3 is 2.65 bits per heavy atom. The molecule has 0 spiro atoms. The number of carbonyl (C=O) groups is 1. The van der Waals surface area contributed by atoms with Crippen LogP contribution in [-0.2, 0) is 4.79 Å². The maximum Gasteiger partial charge on any atom is 0.224 e. The average Bonchev–Trinajstić information content (AvgIpc) is 2.94. The van der Waals surface area contributed by atoms with Crippen LogP contribution in [0.4, 0.5) is 0 Å². The van der Waals surface area contributed by atoms with Gasteiger partial charge in [-0.2, -0.15) is 0 Å². The zero-order valence-corrected chi connectivity index (χ0v) is 10.7. The maximum atomic E-state index is 12.3. The van der Waals surface area contributed by atoms with Crippen molar-refractivity contribution in [1.29, 1.82) is 0 Å². The number of hydrogen-bond acceptors (Lipinski definition) is 2. The fourth-order valence-corrected chi connectivity index (χ4v) is 3.93. The summed E-state index contributed by atoms with van der Waals surface area (Å²) in [4.78, 5) is 12.3. The minimum absolute atomic E-state index is 0.253. The first-order valence-corrected chi connectivity index (χ1v) is 7.30. The first-order chi connectivity index (χ1) is 8.24. The average molecular weight is 236 g/mol. The molecule has 3 rings (SSSR count). The van der Waals surface area contributed by atoms with Crippen LogP contribution in [0.25, 0.3) is 0 Å². The number of fused-ring (bicyclic) bond motifs is 2. The van der Waals surface area contributed by atoms with Gasteiger partial charge in [0.1, 0.15) is 0 Å². The summed E-state index contributed by atoms with van der Waals surface area (Å²) in [6.07, 6.45) is 8.61. The zero-order valence-electron chi connectivity index (χ0n) is 10.7. The Labute approximate surface area is 104 Å². The third kappa shape index (κ3) is 2.22. The van der Waals surface area contributed by atoms with Crippen LogP contribution < -0.4 is 10.6 Å². The molecule has 0 radical (unpaired) electrons. The molecule has 0 aromatic heterocycles. The minimum atomic E-state index is 0.253. The SMILES string of the molecule is CC1CCCCC1NC(=O)C1CC2CCC1N2. The van der Waals surface area contributed by atoms with Gasteiger partial charge in [-0.1, -0.05) is 19.8 Å². The molecule has 5 unspecified atom stereocenters. The number of nitrogens with one attached hydrogen (secondary N) is 2. The molecule has 2 bridgehead atoms. The molecular formula is C14H24N2O. The predicted octanol–water partition coefficient (Wildman–Crippen LogP) is 1.82. The predicted molar refractivity (Wildman–Crippen MR) is 67.6 cm³/mol. The Morgan fingerprint density at radius 1 is 1.18 bits per heavy atom. The van der Waals surface area contributed by atoms with Gasteiger partial charge in [-0.15, -0.1) is 0 Å². The molecule has 5 atom stereocenters. The van der Waals surface area contributed by atoms with E-state index in [0.29, 0.717) is 30.0 Å². The summed E-state index contributed by atoms with van der Waals surface area (Å²) in [5.41, 5.74) is 0. The van der Waals surface area contributed by atoms with Crippen molar-refractivity contribution in [2.75, 3.05) is 0 Å². The van der Waals surface area contributed by atoms with E-state index in [1.165, 1.54) is 38.5 Å². The van der Waals surface area contributed by atoms with Crippen molar-refractivity contribution in [2.45, 2.75) is 70.0 Å². The first kappa shape index (κ1) is 11.5. The van der Waals surface area contributed by atoms with Gasteiger partial charge in [0.15, 0.2) is 0 Å². The second kappa shape index (κ2) is 4.60.